The molecule has 1 aromatic heterocycles. The van der Waals surface area contributed by atoms with Gasteiger partial charge < -0.3 is 24.3 Å². The first-order chi connectivity index (χ1) is 19.6. The van der Waals surface area contributed by atoms with Crippen LogP contribution in [-0.4, -0.2) is 70.0 Å². The summed E-state index contributed by atoms with van der Waals surface area (Å²) in [6.45, 7) is 2.84. The van der Waals surface area contributed by atoms with E-state index < -0.39 is 12.1 Å². The van der Waals surface area contributed by atoms with Gasteiger partial charge in [-0.2, -0.15) is 0 Å². The Morgan fingerprint density at radius 3 is 2.65 bits per heavy atom. The van der Waals surface area contributed by atoms with Crippen molar-refractivity contribution in [2.75, 3.05) is 26.4 Å². The van der Waals surface area contributed by atoms with Crippen molar-refractivity contribution >= 4 is 22.7 Å². The molecule has 40 heavy (non-hydrogen) atoms. The van der Waals surface area contributed by atoms with Gasteiger partial charge in [0.15, 0.2) is 11.5 Å². The van der Waals surface area contributed by atoms with Crippen LogP contribution >= 0.6 is 0 Å². The molecule has 3 atom stereocenters. The molecule has 4 aliphatic rings. The molecule has 8 nitrogen and oxygen atoms in total. The van der Waals surface area contributed by atoms with Crippen molar-refractivity contribution in [3.05, 3.63) is 95.2 Å². The Morgan fingerprint density at radius 1 is 0.925 bits per heavy atom. The molecule has 0 spiro atoms. The van der Waals surface area contributed by atoms with Crippen molar-refractivity contribution in [2.24, 2.45) is 0 Å². The second kappa shape index (κ2) is 9.13. The number of piperazine rings is 1. The van der Waals surface area contributed by atoms with Gasteiger partial charge in [0.1, 0.15) is 12.6 Å². The van der Waals surface area contributed by atoms with Gasteiger partial charge >= 0.3 is 0 Å². The van der Waals surface area contributed by atoms with Crippen molar-refractivity contribution in [1.29, 1.82) is 0 Å². The summed E-state index contributed by atoms with van der Waals surface area (Å²) in [6, 6.07) is 23.5. The number of hydrogen-bond acceptors (Lipinski definition) is 5. The summed E-state index contributed by atoms with van der Waals surface area (Å²) < 4.78 is 11.2. The minimum Gasteiger partial charge on any atom is -0.454 e. The zero-order chi connectivity index (χ0) is 26.8. The van der Waals surface area contributed by atoms with Crippen LogP contribution in [0.25, 0.3) is 10.9 Å². The lowest BCUT2D eigenvalue weighted by Crippen LogP contribution is -2.65. The maximum absolute atomic E-state index is 14.2. The van der Waals surface area contributed by atoms with Crippen LogP contribution in [0.3, 0.4) is 0 Å². The molecular weight excluding hydrogens is 504 g/mol. The standard InChI is InChI=1S/C32H30N4O4/c37-29-18-35(22-12-13-34(17-22)16-20-6-2-1-3-7-20)32(38)26-15-24-23-8-4-5-9-25(23)33-30(24)31(36(26)29)21-10-11-27-28(14-21)40-19-39-27/h1-11,14,22,26,31,33H,12-13,15-19H2/t22-,26+,31-/m0/s1. The Bertz CT molecular complexity index is 1630. The Kier molecular flexibility index (Phi) is 5.38. The van der Waals surface area contributed by atoms with Crippen LogP contribution in [0, 0.1) is 0 Å². The van der Waals surface area contributed by atoms with Gasteiger partial charge in [0.05, 0.1) is 6.04 Å². The number of amides is 2. The van der Waals surface area contributed by atoms with Gasteiger partial charge in [-0.1, -0.05) is 54.6 Å². The second-order valence-corrected chi connectivity index (χ2v) is 11.2. The highest BCUT2D eigenvalue weighted by Gasteiger charge is 2.50. The number of rotatable bonds is 4. The fraction of sp³-hybridized carbons (Fsp3) is 0.312. The number of para-hydroxylation sites is 1. The van der Waals surface area contributed by atoms with E-state index in [4.69, 9.17) is 9.47 Å². The van der Waals surface area contributed by atoms with E-state index in [9.17, 15) is 9.59 Å². The maximum Gasteiger partial charge on any atom is 0.246 e. The molecule has 0 saturated carbocycles. The SMILES string of the molecule is O=C1[C@H]2Cc3c([nH]c4ccccc34)[C@H](c3ccc4c(c3)OCO4)N2C(=O)CN1[C@H]1CCN(Cc2ccccc2)C1. The maximum atomic E-state index is 14.2. The molecule has 0 bridgehead atoms. The van der Waals surface area contributed by atoms with E-state index in [1.54, 1.807) is 0 Å². The number of hydrogen-bond donors (Lipinski definition) is 1. The molecule has 4 aromatic rings. The predicted octanol–water partition coefficient (Wildman–Crippen LogP) is 3.86. The quantitative estimate of drug-likeness (QED) is 0.430. The number of nitrogens with one attached hydrogen (secondary N) is 1. The highest BCUT2D eigenvalue weighted by Crippen LogP contribution is 2.45. The topological polar surface area (TPSA) is 78.1 Å². The smallest absolute Gasteiger partial charge is 0.246 e. The Labute approximate surface area is 232 Å². The average molecular weight is 535 g/mol. The van der Waals surface area contributed by atoms with Crippen molar-refractivity contribution in [2.45, 2.75) is 37.5 Å². The monoisotopic (exact) mass is 534 g/mol. The number of ether oxygens (including phenoxy) is 2. The fourth-order valence-corrected chi connectivity index (χ4v) is 7.08. The Hall–Kier alpha value is -4.30. The highest BCUT2D eigenvalue weighted by molar-refractivity contribution is 5.98. The van der Waals surface area contributed by atoms with Gasteiger partial charge in [0.25, 0.3) is 0 Å². The molecule has 202 valence electrons. The Morgan fingerprint density at radius 2 is 1.75 bits per heavy atom. The van der Waals surface area contributed by atoms with E-state index in [0.29, 0.717) is 17.9 Å². The lowest BCUT2D eigenvalue weighted by atomic mass is 9.85. The first kappa shape index (κ1) is 23.6. The lowest BCUT2D eigenvalue weighted by molar-refractivity contribution is -0.160. The molecule has 5 heterocycles. The van der Waals surface area contributed by atoms with E-state index in [1.165, 1.54) is 5.56 Å². The number of H-pyrrole nitrogens is 1. The van der Waals surface area contributed by atoms with E-state index in [2.05, 4.69) is 46.3 Å². The first-order valence-corrected chi connectivity index (χ1v) is 14.0. The molecule has 1 N–H and O–H groups in total. The third-order valence-electron chi connectivity index (χ3n) is 8.94. The molecule has 2 saturated heterocycles. The van der Waals surface area contributed by atoms with Gasteiger partial charge in [-0.3, -0.25) is 14.5 Å². The summed E-state index contributed by atoms with van der Waals surface area (Å²) in [6.07, 6.45) is 1.38. The van der Waals surface area contributed by atoms with E-state index in [1.807, 2.05) is 46.2 Å². The zero-order valence-corrected chi connectivity index (χ0v) is 22.1. The van der Waals surface area contributed by atoms with Crippen molar-refractivity contribution < 1.29 is 19.1 Å². The van der Waals surface area contributed by atoms with Crippen molar-refractivity contribution in [3.8, 4) is 11.5 Å². The van der Waals surface area contributed by atoms with E-state index in [0.717, 1.165) is 53.8 Å². The minimum atomic E-state index is -0.549. The number of likely N-dealkylation sites (tertiary alicyclic amines) is 1. The number of carbonyl (C=O) groups excluding carboxylic acids is 2. The van der Waals surface area contributed by atoms with Crippen molar-refractivity contribution in [3.63, 3.8) is 0 Å². The molecule has 4 aliphatic heterocycles. The summed E-state index contributed by atoms with van der Waals surface area (Å²) in [7, 11) is 0. The number of fused-ring (bicyclic) bond motifs is 5. The van der Waals surface area contributed by atoms with Gasteiger partial charge in [-0.15, -0.1) is 0 Å². The van der Waals surface area contributed by atoms with Crippen LogP contribution in [0.1, 0.15) is 34.8 Å². The molecule has 8 heteroatoms. The molecule has 3 aromatic carbocycles. The van der Waals surface area contributed by atoms with Gasteiger partial charge in [0, 0.05) is 48.7 Å². The number of benzene rings is 3. The van der Waals surface area contributed by atoms with Crippen LogP contribution in [0.4, 0.5) is 0 Å². The first-order valence-electron chi connectivity index (χ1n) is 14.0. The van der Waals surface area contributed by atoms with Gasteiger partial charge in [-0.25, -0.2) is 0 Å². The molecule has 2 amide bonds. The lowest BCUT2D eigenvalue weighted by Gasteiger charge is -2.48. The number of aromatic nitrogens is 1. The molecule has 0 unspecified atom stereocenters. The molecular formula is C32H30N4O4. The largest absolute Gasteiger partial charge is 0.454 e. The van der Waals surface area contributed by atoms with E-state index in [-0.39, 0.29) is 31.2 Å². The normalized spacial score (nSPS) is 24.1. The highest BCUT2D eigenvalue weighted by atomic mass is 16.7. The van der Waals surface area contributed by atoms with Gasteiger partial charge in [0.2, 0.25) is 18.6 Å². The summed E-state index contributed by atoms with van der Waals surface area (Å²) in [4.78, 5) is 37.9. The van der Waals surface area contributed by atoms with E-state index >= 15 is 0 Å². The minimum absolute atomic E-state index is 0.0157. The summed E-state index contributed by atoms with van der Waals surface area (Å²) >= 11 is 0. The van der Waals surface area contributed by atoms with Crippen molar-refractivity contribution in [1.82, 2.24) is 19.7 Å². The van der Waals surface area contributed by atoms with Crippen LogP contribution in [0.15, 0.2) is 72.8 Å². The molecule has 0 aliphatic carbocycles. The van der Waals surface area contributed by atoms with Crippen LogP contribution < -0.4 is 9.47 Å². The molecule has 8 rings (SSSR count). The fourth-order valence-electron chi connectivity index (χ4n) is 7.08. The second-order valence-electron chi connectivity index (χ2n) is 11.2. The number of aromatic amines is 1. The molecule has 2 fully saturated rings. The Balaban J connectivity index is 1.14. The van der Waals surface area contributed by atoms with Crippen LogP contribution in [-0.2, 0) is 22.6 Å². The number of nitrogens with zero attached hydrogens (tertiary/aromatic N) is 3. The molecule has 0 radical (unpaired) electrons. The van der Waals surface area contributed by atoms with Crippen LogP contribution in [0.5, 0.6) is 11.5 Å². The summed E-state index contributed by atoms with van der Waals surface area (Å²) in [5.74, 6) is 1.39. The van der Waals surface area contributed by atoms with Gasteiger partial charge in [-0.05, 0) is 41.3 Å². The third kappa shape index (κ3) is 3.70. The van der Waals surface area contributed by atoms with Crippen LogP contribution in [0.2, 0.25) is 0 Å². The zero-order valence-electron chi connectivity index (χ0n) is 22.1. The average Bonchev–Trinajstić information content (AvgIpc) is 3.72. The third-order valence-corrected chi connectivity index (χ3v) is 8.94. The predicted molar refractivity (Wildman–Crippen MR) is 149 cm³/mol. The number of carbonyl (C=O) groups is 2. The summed E-state index contributed by atoms with van der Waals surface area (Å²) in [5.41, 5.74) is 5.27. The summed E-state index contributed by atoms with van der Waals surface area (Å²) in [5, 5.41) is 1.11.